The number of rotatable bonds is 7. The lowest BCUT2D eigenvalue weighted by Gasteiger charge is -2.16. The zero-order valence-electron chi connectivity index (χ0n) is 9.53. The lowest BCUT2D eigenvalue weighted by molar-refractivity contribution is 0.403. The predicted octanol–water partition coefficient (Wildman–Crippen LogP) is 3.20. The van der Waals surface area contributed by atoms with Crippen molar-refractivity contribution in [2.75, 3.05) is 13.1 Å². The van der Waals surface area contributed by atoms with E-state index >= 15 is 0 Å². The Hall–Kier alpha value is -0.0400. The van der Waals surface area contributed by atoms with Crippen LogP contribution in [0.25, 0.3) is 0 Å². The molecule has 13 heavy (non-hydrogen) atoms. The zero-order chi connectivity index (χ0) is 9.73. The molecular weight excluding hydrogens is 158 g/mol. The molecule has 1 rings (SSSR count). The highest BCUT2D eigenvalue weighted by Gasteiger charge is 2.39. The first-order chi connectivity index (χ1) is 6.22. The van der Waals surface area contributed by atoms with Crippen LogP contribution in [0.4, 0.5) is 0 Å². The van der Waals surface area contributed by atoms with E-state index in [1.807, 2.05) is 0 Å². The van der Waals surface area contributed by atoms with Gasteiger partial charge in [-0.25, -0.2) is 0 Å². The minimum absolute atomic E-state index is 0.714. The van der Waals surface area contributed by atoms with E-state index < -0.39 is 0 Å². The van der Waals surface area contributed by atoms with Crippen molar-refractivity contribution in [3.05, 3.63) is 0 Å². The molecule has 1 N–H and O–H groups in total. The molecule has 78 valence electrons. The van der Waals surface area contributed by atoms with Crippen molar-refractivity contribution in [1.29, 1.82) is 0 Å². The summed E-state index contributed by atoms with van der Waals surface area (Å²) in [6.07, 6.45) is 6.97. The van der Waals surface area contributed by atoms with Gasteiger partial charge in [-0.15, -0.1) is 0 Å². The van der Waals surface area contributed by atoms with Crippen molar-refractivity contribution >= 4 is 0 Å². The summed E-state index contributed by atoms with van der Waals surface area (Å²) in [7, 11) is 0. The van der Waals surface area contributed by atoms with E-state index in [4.69, 9.17) is 0 Å². The third-order valence-electron chi connectivity index (χ3n) is 3.48. The minimum atomic E-state index is 0.714. The molecule has 0 spiro atoms. The van der Waals surface area contributed by atoms with Gasteiger partial charge in [-0.3, -0.25) is 0 Å². The van der Waals surface area contributed by atoms with Crippen LogP contribution in [0, 0.1) is 11.3 Å². The molecule has 0 aromatic rings. The summed E-state index contributed by atoms with van der Waals surface area (Å²) >= 11 is 0. The summed E-state index contributed by atoms with van der Waals surface area (Å²) in [6.45, 7) is 9.42. The van der Waals surface area contributed by atoms with Gasteiger partial charge in [-0.2, -0.15) is 0 Å². The van der Waals surface area contributed by atoms with Gasteiger partial charge in [0.25, 0.3) is 0 Å². The maximum Gasteiger partial charge on any atom is 0.000782 e. The third-order valence-corrected chi connectivity index (χ3v) is 3.48. The van der Waals surface area contributed by atoms with E-state index in [1.54, 1.807) is 0 Å². The van der Waals surface area contributed by atoms with Crippen LogP contribution < -0.4 is 5.32 Å². The van der Waals surface area contributed by atoms with Crippen LogP contribution in [0.1, 0.15) is 52.9 Å². The first kappa shape index (κ1) is 11.0. The van der Waals surface area contributed by atoms with Crippen molar-refractivity contribution in [2.24, 2.45) is 11.3 Å². The Morgan fingerprint density at radius 3 is 2.46 bits per heavy atom. The molecule has 1 nitrogen and oxygen atoms in total. The average Bonchev–Trinajstić information content (AvgIpc) is 2.86. The summed E-state index contributed by atoms with van der Waals surface area (Å²) in [6, 6.07) is 0. The van der Waals surface area contributed by atoms with Crippen molar-refractivity contribution in [3.63, 3.8) is 0 Å². The summed E-state index contributed by atoms with van der Waals surface area (Å²) in [5.74, 6) is 0.859. The molecular formula is C12H25N. The smallest absolute Gasteiger partial charge is 0.000782 e. The monoisotopic (exact) mass is 183 g/mol. The number of hydrogen-bond acceptors (Lipinski definition) is 1. The average molecular weight is 183 g/mol. The quantitative estimate of drug-likeness (QED) is 0.639. The van der Waals surface area contributed by atoms with E-state index in [0.717, 1.165) is 5.92 Å². The zero-order valence-corrected chi connectivity index (χ0v) is 9.53. The van der Waals surface area contributed by atoms with Crippen molar-refractivity contribution in [1.82, 2.24) is 5.32 Å². The van der Waals surface area contributed by atoms with Gasteiger partial charge in [-0.1, -0.05) is 27.2 Å². The second-order valence-electron chi connectivity index (χ2n) is 4.88. The van der Waals surface area contributed by atoms with Gasteiger partial charge in [0.2, 0.25) is 0 Å². The second kappa shape index (κ2) is 4.99. The number of hydrogen-bond donors (Lipinski definition) is 1. The molecule has 1 unspecified atom stereocenters. The van der Waals surface area contributed by atoms with Gasteiger partial charge in [0, 0.05) is 6.54 Å². The van der Waals surface area contributed by atoms with E-state index in [2.05, 4.69) is 26.1 Å². The largest absolute Gasteiger partial charge is 0.316 e. The van der Waals surface area contributed by atoms with Gasteiger partial charge in [-0.05, 0) is 43.6 Å². The highest BCUT2D eigenvalue weighted by atomic mass is 14.9. The van der Waals surface area contributed by atoms with E-state index in [-0.39, 0.29) is 0 Å². The number of nitrogens with one attached hydrogen (secondary N) is 1. The maximum atomic E-state index is 3.62. The van der Waals surface area contributed by atoms with E-state index in [0.29, 0.717) is 5.41 Å². The first-order valence-electron chi connectivity index (χ1n) is 5.93. The summed E-state index contributed by atoms with van der Waals surface area (Å²) in [5.41, 5.74) is 0.714. The van der Waals surface area contributed by atoms with Gasteiger partial charge < -0.3 is 5.32 Å². The summed E-state index contributed by atoms with van der Waals surface area (Å²) in [4.78, 5) is 0. The highest BCUT2D eigenvalue weighted by molar-refractivity contribution is 4.93. The first-order valence-corrected chi connectivity index (χ1v) is 5.93. The third kappa shape index (κ3) is 3.68. The molecule has 0 bridgehead atoms. The normalized spacial score (nSPS) is 21.5. The topological polar surface area (TPSA) is 12.0 Å². The predicted molar refractivity (Wildman–Crippen MR) is 58.9 cm³/mol. The molecule has 0 aromatic heterocycles. The summed E-state index contributed by atoms with van der Waals surface area (Å²) < 4.78 is 0. The van der Waals surface area contributed by atoms with Crippen LogP contribution in [0.5, 0.6) is 0 Å². The van der Waals surface area contributed by atoms with Crippen LogP contribution in [0.3, 0.4) is 0 Å². The van der Waals surface area contributed by atoms with Crippen molar-refractivity contribution in [2.45, 2.75) is 52.9 Å². The summed E-state index contributed by atoms with van der Waals surface area (Å²) in [5, 5.41) is 3.62. The molecule has 0 radical (unpaired) electrons. The lowest BCUT2D eigenvalue weighted by Crippen LogP contribution is -2.27. The fourth-order valence-electron chi connectivity index (χ4n) is 2.01. The molecule has 0 saturated heterocycles. The van der Waals surface area contributed by atoms with E-state index in [9.17, 15) is 0 Å². The van der Waals surface area contributed by atoms with Gasteiger partial charge in [0.1, 0.15) is 0 Å². The molecule has 1 atom stereocenters. The Bertz CT molecular complexity index is 138. The molecule has 1 fully saturated rings. The minimum Gasteiger partial charge on any atom is -0.316 e. The fraction of sp³-hybridized carbons (Fsp3) is 1.00. The van der Waals surface area contributed by atoms with Crippen molar-refractivity contribution in [3.8, 4) is 0 Å². The van der Waals surface area contributed by atoms with E-state index in [1.165, 1.54) is 45.2 Å². The molecule has 1 aliphatic carbocycles. The van der Waals surface area contributed by atoms with Gasteiger partial charge in [0.15, 0.2) is 0 Å². The molecule has 0 aromatic carbocycles. The van der Waals surface area contributed by atoms with Crippen LogP contribution in [-0.2, 0) is 0 Å². The van der Waals surface area contributed by atoms with Crippen molar-refractivity contribution < 1.29 is 0 Å². The van der Waals surface area contributed by atoms with Gasteiger partial charge in [0.05, 0.1) is 0 Å². The van der Waals surface area contributed by atoms with Crippen LogP contribution in [-0.4, -0.2) is 13.1 Å². The van der Waals surface area contributed by atoms with Gasteiger partial charge >= 0.3 is 0 Å². The standard InChI is InChI=1S/C12H25N/c1-4-6-11(3)9-13-10-12(5-2)7-8-12/h11,13H,4-10H2,1-3H3. The Balaban J connectivity index is 2.00. The Labute approximate surface area is 83.3 Å². The fourth-order valence-corrected chi connectivity index (χ4v) is 2.01. The molecule has 0 heterocycles. The molecule has 1 heteroatoms. The SMILES string of the molecule is CCCC(C)CNCC1(CC)CC1. The van der Waals surface area contributed by atoms with Crippen LogP contribution >= 0.6 is 0 Å². The molecule has 1 saturated carbocycles. The lowest BCUT2D eigenvalue weighted by atomic mass is 10.0. The molecule has 1 aliphatic rings. The van der Waals surface area contributed by atoms with Crippen LogP contribution in [0.15, 0.2) is 0 Å². The second-order valence-corrected chi connectivity index (χ2v) is 4.88. The Morgan fingerprint density at radius 1 is 1.31 bits per heavy atom. The Morgan fingerprint density at radius 2 is 2.00 bits per heavy atom. The molecule has 0 aliphatic heterocycles. The van der Waals surface area contributed by atoms with Crippen LogP contribution in [0.2, 0.25) is 0 Å². The molecule has 0 amide bonds. The maximum absolute atomic E-state index is 3.62. The Kier molecular flexibility index (Phi) is 4.24. The highest BCUT2D eigenvalue weighted by Crippen LogP contribution is 2.47.